The number of nitrogens with one attached hydrogen (secondary N) is 1. The van der Waals surface area contributed by atoms with Crippen LogP contribution in [0.3, 0.4) is 0 Å². The van der Waals surface area contributed by atoms with Crippen molar-refractivity contribution in [3.8, 4) is 0 Å². The molecule has 0 spiro atoms. The van der Waals surface area contributed by atoms with Gasteiger partial charge in [-0.1, -0.05) is 6.42 Å². The second-order valence-electron chi connectivity index (χ2n) is 7.49. The van der Waals surface area contributed by atoms with E-state index in [1.54, 1.807) is 23.0 Å². The Bertz CT molecular complexity index is 1010. The van der Waals surface area contributed by atoms with Gasteiger partial charge >= 0.3 is 0 Å². The summed E-state index contributed by atoms with van der Waals surface area (Å²) in [4.78, 5) is 19.0. The molecular formula is C20H27N7O. The first kappa shape index (κ1) is 18.6. The molecule has 1 aliphatic rings. The summed E-state index contributed by atoms with van der Waals surface area (Å²) in [6, 6.07) is 7.73. The average molecular weight is 381 g/mol. The molecule has 1 aliphatic heterocycles. The lowest BCUT2D eigenvalue weighted by molar-refractivity contribution is 0.148. The first-order chi connectivity index (χ1) is 13.6. The minimum Gasteiger partial charge on any atom is -0.368 e. The largest absolute Gasteiger partial charge is 0.368 e. The van der Waals surface area contributed by atoms with Gasteiger partial charge in [-0.15, -0.1) is 0 Å². The van der Waals surface area contributed by atoms with E-state index in [4.69, 9.17) is 0 Å². The number of fused-ring (bicyclic) bond motifs is 1. The van der Waals surface area contributed by atoms with Crippen molar-refractivity contribution in [2.45, 2.75) is 45.7 Å². The van der Waals surface area contributed by atoms with Crippen LogP contribution >= 0.6 is 0 Å². The fraction of sp³-hybridized carbons (Fsp3) is 0.500. The zero-order valence-corrected chi connectivity index (χ0v) is 16.5. The summed E-state index contributed by atoms with van der Waals surface area (Å²) in [5, 5.41) is 12.3. The third-order valence-corrected chi connectivity index (χ3v) is 5.35. The maximum atomic E-state index is 12.0. The predicted molar refractivity (Wildman–Crippen MR) is 109 cm³/mol. The molecule has 8 nitrogen and oxygen atoms in total. The molecule has 1 unspecified atom stereocenters. The van der Waals surface area contributed by atoms with E-state index >= 15 is 0 Å². The number of aromatic nitrogens is 5. The standard InChI is InChI=1S/C20H27N7O/c1-15-6-7-20(28)26(24-15)12-11-25-10-4-3-5-17(25)14-21-19-13-16(2)23-18-8-9-22-27(18)19/h6-9,13,17,21H,3-5,10-12,14H2,1-2H3. The van der Waals surface area contributed by atoms with Gasteiger partial charge in [0.25, 0.3) is 5.56 Å². The fourth-order valence-electron chi connectivity index (χ4n) is 3.91. The molecule has 0 bridgehead atoms. The lowest BCUT2D eigenvalue weighted by Gasteiger charge is -2.36. The average Bonchev–Trinajstić information content (AvgIpc) is 3.16. The molecule has 4 heterocycles. The Morgan fingerprint density at radius 3 is 2.93 bits per heavy atom. The molecule has 28 heavy (non-hydrogen) atoms. The molecule has 0 saturated carbocycles. The summed E-state index contributed by atoms with van der Waals surface area (Å²) in [7, 11) is 0. The second-order valence-corrected chi connectivity index (χ2v) is 7.49. The van der Waals surface area contributed by atoms with Gasteiger partial charge in [-0.2, -0.15) is 14.7 Å². The van der Waals surface area contributed by atoms with E-state index in [0.717, 1.165) is 48.9 Å². The van der Waals surface area contributed by atoms with Gasteiger partial charge in [0.15, 0.2) is 5.65 Å². The number of nitrogens with zero attached hydrogens (tertiary/aromatic N) is 6. The summed E-state index contributed by atoms with van der Waals surface area (Å²) in [5.74, 6) is 0.967. The summed E-state index contributed by atoms with van der Waals surface area (Å²) >= 11 is 0. The third-order valence-electron chi connectivity index (χ3n) is 5.35. The number of aryl methyl sites for hydroxylation is 2. The van der Waals surface area contributed by atoms with Crippen LogP contribution in [0, 0.1) is 13.8 Å². The minimum atomic E-state index is -0.0365. The predicted octanol–water partition coefficient (Wildman–Crippen LogP) is 1.87. The highest BCUT2D eigenvalue weighted by Gasteiger charge is 2.22. The Hall–Kier alpha value is -2.74. The molecule has 8 heteroatoms. The minimum absolute atomic E-state index is 0.0365. The highest BCUT2D eigenvalue weighted by atomic mass is 16.1. The zero-order chi connectivity index (χ0) is 19.5. The molecule has 1 atom stereocenters. The number of rotatable bonds is 6. The third kappa shape index (κ3) is 4.06. The topological polar surface area (TPSA) is 80.4 Å². The maximum absolute atomic E-state index is 12.0. The molecule has 4 rings (SSSR count). The maximum Gasteiger partial charge on any atom is 0.266 e. The van der Waals surface area contributed by atoms with E-state index in [9.17, 15) is 4.79 Å². The number of hydrogen-bond donors (Lipinski definition) is 1. The van der Waals surface area contributed by atoms with E-state index in [2.05, 4.69) is 25.4 Å². The van der Waals surface area contributed by atoms with Crippen molar-refractivity contribution in [1.82, 2.24) is 29.3 Å². The van der Waals surface area contributed by atoms with E-state index in [-0.39, 0.29) is 5.56 Å². The molecule has 0 radical (unpaired) electrons. The first-order valence-corrected chi connectivity index (χ1v) is 9.94. The molecule has 0 amide bonds. The molecule has 0 aliphatic carbocycles. The van der Waals surface area contributed by atoms with E-state index in [1.165, 1.54) is 12.8 Å². The van der Waals surface area contributed by atoms with Crippen LogP contribution in [0.4, 0.5) is 5.82 Å². The Morgan fingerprint density at radius 1 is 1.14 bits per heavy atom. The van der Waals surface area contributed by atoms with Crippen molar-refractivity contribution in [3.05, 3.63) is 52.2 Å². The summed E-state index contributed by atoms with van der Waals surface area (Å²) in [6.07, 6.45) is 5.35. The molecule has 3 aromatic rings. The van der Waals surface area contributed by atoms with Gasteiger partial charge in [-0.3, -0.25) is 9.69 Å². The normalized spacial score (nSPS) is 17.9. The molecule has 1 N–H and O–H groups in total. The van der Waals surface area contributed by atoms with Crippen LogP contribution in [0.15, 0.2) is 35.3 Å². The highest BCUT2D eigenvalue weighted by molar-refractivity contribution is 5.48. The van der Waals surface area contributed by atoms with Crippen LogP contribution in [0.5, 0.6) is 0 Å². The monoisotopic (exact) mass is 381 g/mol. The Morgan fingerprint density at radius 2 is 2.04 bits per heavy atom. The zero-order valence-electron chi connectivity index (χ0n) is 16.5. The Balaban J connectivity index is 1.43. The molecule has 3 aromatic heterocycles. The van der Waals surface area contributed by atoms with Crippen molar-refractivity contribution in [2.75, 3.05) is 25.0 Å². The Labute approximate surface area is 164 Å². The smallest absolute Gasteiger partial charge is 0.266 e. The quantitative estimate of drug-likeness (QED) is 0.702. The molecule has 1 saturated heterocycles. The van der Waals surface area contributed by atoms with Gasteiger partial charge in [0, 0.05) is 43.0 Å². The summed E-state index contributed by atoms with van der Waals surface area (Å²) in [6.45, 7) is 7.26. The van der Waals surface area contributed by atoms with Gasteiger partial charge in [-0.25, -0.2) is 9.67 Å². The van der Waals surface area contributed by atoms with Crippen LogP contribution < -0.4 is 10.9 Å². The van der Waals surface area contributed by atoms with E-state index in [1.807, 2.05) is 30.5 Å². The van der Waals surface area contributed by atoms with Crippen molar-refractivity contribution >= 4 is 11.5 Å². The first-order valence-electron chi connectivity index (χ1n) is 9.94. The van der Waals surface area contributed by atoms with Crippen LogP contribution in [-0.2, 0) is 6.54 Å². The molecule has 148 valence electrons. The van der Waals surface area contributed by atoms with Crippen molar-refractivity contribution < 1.29 is 0 Å². The van der Waals surface area contributed by atoms with Gasteiger partial charge in [0.05, 0.1) is 18.4 Å². The van der Waals surface area contributed by atoms with Gasteiger partial charge < -0.3 is 5.32 Å². The number of likely N-dealkylation sites (tertiary alicyclic amines) is 1. The van der Waals surface area contributed by atoms with Crippen molar-refractivity contribution in [2.24, 2.45) is 0 Å². The number of piperidine rings is 1. The number of anilines is 1. The number of hydrogen-bond acceptors (Lipinski definition) is 6. The van der Waals surface area contributed by atoms with Crippen LogP contribution in [0.25, 0.3) is 5.65 Å². The van der Waals surface area contributed by atoms with Crippen molar-refractivity contribution in [1.29, 1.82) is 0 Å². The lowest BCUT2D eigenvalue weighted by atomic mass is 10.0. The molecule has 0 aromatic carbocycles. The summed E-state index contributed by atoms with van der Waals surface area (Å²) in [5.41, 5.74) is 2.66. The highest BCUT2D eigenvalue weighted by Crippen LogP contribution is 2.18. The molecular weight excluding hydrogens is 354 g/mol. The second kappa shape index (κ2) is 8.10. The van der Waals surface area contributed by atoms with Crippen LogP contribution in [0.1, 0.15) is 30.7 Å². The Kier molecular flexibility index (Phi) is 5.38. The molecule has 1 fully saturated rings. The van der Waals surface area contributed by atoms with Gasteiger partial charge in [-0.05, 0) is 39.3 Å². The van der Waals surface area contributed by atoms with Crippen LogP contribution in [0.2, 0.25) is 0 Å². The SMILES string of the molecule is Cc1cc(NCC2CCCCN2CCn2nc(C)ccc2=O)n2nccc2n1. The van der Waals surface area contributed by atoms with E-state index < -0.39 is 0 Å². The van der Waals surface area contributed by atoms with Crippen LogP contribution in [-0.4, -0.2) is 55.0 Å². The fourth-order valence-corrected chi connectivity index (χ4v) is 3.91. The van der Waals surface area contributed by atoms with E-state index in [0.29, 0.717) is 12.6 Å². The lowest BCUT2D eigenvalue weighted by Crippen LogP contribution is -2.45. The van der Waals surface area contributed by atoms with Gasteiger partial charge in [0.2, 0.25) is 0 Å². The summed E-state index contributed by atoms with van der Waals surface area (Å²) < 4.78 is 3.42. The van der Waals surface area contributed by atoms with Gasteiger partial charge in [0.1, 0.15) is 5.82 Å². The van der Waals surface area contributed by atoms with Crippen molar-refractivity contribution in [3.63, 3.8) is 0 Å².